The molecule has 0 radical (unpaired) electrons. The van der Waals surface area contributed by atoms with Crippen molar-refractivity contribution in [3.63, 3.8) is 0 Å². The Morgan fingerprint density at radius 2 is 1.75 bits per heavy atom. The lowest BCUT2D eigenvalue weighted by Crippen LogP contribution is -2.40. The van der Waals surface area contributed by atoms with Gasteiger partial charge in [0.2, 0.25) is 10.0 Å². The molecular formula is C31H42N6O5S2. The summed E-state index contributed by atoms with van der Waals surface area (Å²) in [7, 11) is -3.97. The van der Waals surface area contributed by atoms with Crippen LogP contribution in [-0.2, 0) is 14.8 Å². The number of aromatic nitrogens is 2. The normalized spacial score (nSPS) is 18.0. The van der Waals surface area contributed by atoms with Gasteiger partial charge in [-0.05, 0) is 91.5 Å². The quantitative estimate of drug-likeness (QED) is 0.213. The summed E-state index contributed by atoms with van der Waals surface area (Å²) in [5.74, 6) is 0.214. The van der Waals surface area contributed by atoms with Gasteiger partial charge in [-0.1, -0.05) is 12.1 Å². The average molecular weight is 643 g/mol. The average Bonchev–Trinajstić information content (AvgIpc) is 3.42. The van der Waals surface area contributed by atoms with Crippen LogP contribution in [0, 0.1) is 0 Å². The molecule has 11 nitrogen and oxygen atoms in total. The first-order valence-electron chi connectivity index (χ1n) is 14.8. The maximum absolute atomic E-state index is 13.6. The summed E-state index contributed by atoms with van der Waals surface area (Å²) in [6.45, 7) is 10.8. The highest BCUT2D eigenvalue weighted by molar-refractivity contribution is 7.89. The molecule has 0 bridgehead atoms. The number of hydrogen-bond donors (Lipinski definition) is 4. The molecule has 1 fully saturated rings. The van der Waals surface area contributed by atoms with Crippen molar-refractivity contribution in [1.29, 1.82) is 0 Å². The monoisotopic (exact) mass is 642 g/mol. The summed E-state index contributed by atoms with van der Waals surface area (Å²) in [5.41, 5.74) is 0.822. The maximum atomic E-state index is 13.6. The van der Waals surface area contributed by atoms with Gasteiger partial charge in [-0.15, -0.1) is 11.3 Å². The highest BCUT2D eigenvalue weighted by Crippen LogP contribution is 2.40. The molecule has 1 saturated carbocycles. The van der Waals surface area contributed by atoms with Gasteiger partial charge in [0.25, 0.3) is 0 Å². The van der Waals surface area contributed by atoms with Gasteiger partial charge in [0.05, 0.1) is 32.6 Å². The fraction of sp³-hybridized carbons (Fsp3) is 0.484. The van der Waals surface area contributed by atoms with Gasteiger partial charge in [0.15, 0.2) is 0 Å². The van der Waals surface area contributed by atoms with Gasteiger partial charge in [0, 0.05) is 41.1 Å². The minimum atomic E-state index is -3.97. The first kappa shape index (κ1) is 33.3. The van der Waals surface area contributed by atoms with Crippen LogP contribution in [0.2, 0.25) is 0 Å². The second-order valence-electron chi connectivity index (χ2n) is 12.4. The summed E-state index contributed by atoms with van der Waals surface area (Å²) >= 11 is 1.47. The smallest absolute Gasteiger partial charge is 0.407 e. The summed E-state index contributed by atoms with van der Waals surface area (Å²) in [5, 5.41) is 9.47. The molecule has 0 spiro atoms. The number of pyridine rings is 1. The second-order valence-corrected chi connectivity index (χ2v) is 15.1. The van der Waals surface area contributed by atoms with E-state index < -0.39 is 27.7 Å². The molecular weight excluding hydrogens is 601 g/mol. The number of benzene rings is 1. The lowest BCUT2D eigenvalue weighted by Gasteiger charge is -2.28. The highest BCUT2D eigenvalue weighted by atomic mass is 32.2. The Morgan fingerprint density at radius 3 is 2.39 bits per heavy atom. The van der Waals surface area contributed by atoms with E-state index in [2.05, 4.69) is 30.6 Å². The third-order valence-corrected chi connectivity index (χ3v) is 9.97. The maximum Gasteiger partial charge on any atom is 0.407 e. The van der Waals surface area contributed by atoms with Crippen LogP contribution in [0.15, 0.2) is 53.7 Å². The number of rotatable bonds is 9. The Kier molecular flexibility index (Phi) is 10.6. The minimum absolute atomic E-state index is 0.0507. The zero-order valence-electron chi connectivity index (χ0n) is 26.0. The molecule has 4 rings (SSSR count). The van der Waals surface area contributed by atoms with Gasteiger partial charge in [-0.2, -0.15) is 0 Å². The van der Waals surface area contributed by atoms with Crippen molar-refractivity contribution in [3.8, 4) is 10.4 Å². The van der Waals surface area contributed by atoms with Crippen molar-refractivity contribution in [2.45, 2.75) is 102 Å². The van der Waals surface area contributed by atoms with E-state index in [4.69, 9.17) is 4.74 Å². The number of thiazole rings is 1. The van der Waals surface area contributed by atoms with Gasteiger partial charge in [-0.25, -0.2) is 27.7 Å². The molecule has 238 valence electrons. The number of ether oxygens (including phenoxy) is 1. The van der Waals surface area contributed by atoms with Gasteiger partial charge in [0.1, 0.15) is 0 Å². The number of alkyl carbamates (subject to hydrolysis) is 1. The minimum Gasteiger partial charge on any atom is -0.447 e. The Hall–Kier alpha value is -3.55. The van der Waals surface area contributed by atoms with Crippen LogP contribution in [0.25, 0.3) is 10.4 Å². The molecule has 1 aliphatic carbocycles. The Morgan fingerprint density at radius 1 is 1.02 bits per heavy atom. The summed E-state index contributed by atoms with van der Waals surface area (Å²) in [4.78, 5) is 34.5. The van der Waals surface area contributed by atoms with Crippen LogP contribution in [0.4, 0.5) is 15.3 Å². The molecule has 2 heterocycles. The Bertz CT molecular complexity index is 1540. The fourth-order valence-corrected chi connectivity index (χ4v) is 7.91. The van der Waals surface area contributed by atoms with Crippen molar-refractivity contribution >= 4 is 39.2 Å². The van der Waals surface area contributed by atoms with Crippen LogP contribution in [0.5, 0.6) is 0 Å². The van der Waals surface area contributed by atoms with Crippen LogP contribution in [0.1, 0.15) is 89.9 Å². The predicted octanol–water partition coefficient (Wildman–Crippen LogP) is 6.33. The van der Waals surface area contributed by atoms with Crippen LogP contribution >= 0.6 is 11.3 Å². The fourth-order valence-electron chi connectivity index (χ4n) is 5.05. The predicted molar refractivity (Wildman–Crippen MR) is 172 cm³/mol. The first-order valence-corrected chi connectivity index (χ1v) is 17.1. The van der Waals surface area contributed by atoms with Crippen molar-refractivity contribution in [1.82, 2.24) is 25.3 Å². The Labute approximate surface area is 263 Å². The van der Waals surface area contributed by atoms with E-state index in [9.17, 15) is 18.0 Å². The van der Waals surface area contributed by atoms with Crippen LogP contribution in [-0.4, -0.2) is 48.2 Å². The van der Waals surface area contributed by atoms with Gasteiger partial charge in [-0.3, -0.25) is 4.98 Å². The topological polar surface area (TPSA) is 151 Å². The largest absolute Gasteiger partial charge is 0.447 e. The molecule has 1 aliphatic rings. The number of urea groups is 1. The zero-order chi connectivity index (χ0) is 32.1. The number of nitrogens with zero attached hydrogens (tertiary/aromatic N) is 2. The van der Waals surface area contributed by atoms with E-state index in [0.29, 0.717) is 16.9 Å². The molecule has 13 heteroatoms. The molecule has 44 heavy (non-hydrogen) atoms. The summed E-state index contributed by atoms with van der Waals surface area (Å²) in [6.07, 6.45) is 6.13. The summed E-state index contributed by atoms with van der Waals surface area (Å²) < 4.78 is 35.2. The molecule has 1 aromatic carbocycles. The molecule has 0 saturated heterocycles. The SMILES string of the molecule is CC(C)OC(=O)NC1CCC(c2ncc(-c3ccc(NC(=O)N[C@@H](C)c4ccccn4)cc3S(=O)(=O)NC(C)(C)C)s2)CC1. The number of carbonyl (C=O) groups is 2. The first-order chi connectivity index (χ1) is 20.7. The lowest BCUT2D eigenvalue weighted by molar-refractivity contribution is 0.109. The summed E-state index contributed by atoms with van der Waals surface area (Å²) in [6, 6.07) is 9.55. The van der Waals surface area contributed by atoms with E-state index in [1.807, 2.05) is 32.9 Å². The van der Waals surface area contributed by atoms with Gasteiger partial charge < -0.3 is 20.7 Å². The Balaban J connectivity index is 1.52. The third-order valence-electron chi connectivity index (χ3n) is 6.98. The van der Waals surface area contributed by atoms with E-state index in [-0.39, 0.29) is 29.0 Å². The molecule has 0 aliphatic heterocycles. The number of amides is 3. The molecule has 1 atom stereocenters. The zero-order valence-corrected chi connectivity index (χ0v) is 27.6. The van der Waals surface area contributed by atoms with E-state index in [1.165, 1.54) is 17.4 Å². The standard InChI is InChI=1S/C31H42N6O5S2/c1-19(2)42-30(39)36-22-12-10-21(11-13-22)28-33-18-26(43-28)24-15-14-23(17-27(24)44(40,41)37-31(4,5)6)35-29(38)34-20(3)25-9-7-8-16-32-25/h7-9,14-22,37H,10-13H2,1-6H3,(H,36,39)(H2,34,35,38)/t20-,21?,22?/m0/s1. The molecule has 4 N–H and O–H groups in total. The number of sulfonamides is 1. The molecule has 0 unspecified atom stereocenters. The van der Waals surface area contributed by atoms with Crippen LogP contribution in [0.3, 0.4) is 0 Å². The van der Waals surface area contributed by atoms with E-state index in [1.54, 1.807) is 51.4 Å². The third kappa shape index (κ3) is 9.23. The second kappa shape index (κ2) is 14.0. The van der Waals surface area contributed by atoms with E-state index in [0.717, 1.165) is 35.6 Å². The number of anilines is 1. The lowest BCUT2D eigenvalue weighted by atomic mass is 9.86. The van der Waals surface area contributed by atoms with Crippen LogP contribution < -0.4 is 20.7 Å². The van der Waals surface area contributed by atoms with Crippen molar-refractivity contribution in [2.24, 2.45) is 0 Å². The van der Waals surface area contributed by atoms with Crippen molar-refractivity contribution < 1.29 is 22.7 Å². The number of nitrogens with one attached hydrogen (secondary N) is 4. The molecule has 3 aromatic rings. The van der Waals surface area contributed by atoms with Crippen molar-refractivity contribution in [2.75, 3.05) is 5.32 Å². The molecule has 3 amide bonds. The van der Waals surface area contributed by atoms with Crippen molar-refractivity contribution in [3.05, 3.63) is 59.5 Å². The molecule has 2 aromatic heterocycles. The van der Waals surface area contributed by atoms with Gasteiger partial charge >= 0.3 is 12.1 Å². The number of carbonyl (C=O) groups excluding carboxylic acids is 2. The van der Waals surface area contributed by atoms with E-state index >= 15 is 0 Å². The number of hydrogen-bond acceptors (Lipinski definition) is 8. The highest BCUT2D eigenvalue weighted by Gasteiger charge is 2.29.